The van der Waals surface area contributed by atoms with E-state index in [-0.39, 0.29) is 91.5 Å². The molecular weight excluding hydrogens is 282 g/mol. The molecule has 0 saturated carbocycles. The van der Waals surface area contributed by atoms with E-state index in [0.717, 1.165) is 0 Å². The Bertz CT molecular complexity index is 15.7. The summed E-state index contributed by atoms with van der Waals surface area (Å²) in [7, 11) is 0. The molecule has 12 N–H and O–H groups in total. The first-order chi connectivity index (χ1) is 0. The van der Waals surface area contributed by atoms with Gasteiger partial charge in [0.1, 0.15) is 0 Å². The van der Waals surface area contributed by atoms with Gasteiger partial charge in [0, 0.05) is 17.1 Å². The summed E-state index contributed by atoms with van der Waals surface area (Å²) in [5.74, 6) is 0. The Hall–Kier alpha value is 1.37. The zero-order chi connectivity index (χ0) is 0. The third kappa shape index (κ3) is 351. The minimum absolute atomic E-state index is 0. The Kier molecular flexibility index (Phi) is 31900. The third-order valence-electron chi connectivity index (χ3n) is 0. The fourth-order valence-electron chi connectivity index (χ4n) is 0. The van der Waals surface area contributed by atoms with Crippen LogP contribution in [0.4, 0.5) is 0 Å². The summed E-state index contributed by atoms with van der Waals surface area (Å²) < 4.78 is 0. The summed E-state index contributed by atoms with van der Waals surface area (Å²) in [6, 6.07) is 0. The van der Waals surface area contributed by atoms with Crippen molar-refractivity contribution in [3.05, 3.63) is 0 Å². The van der Waals surface area contributed by atoms with Gasteiger partial charge in [0.05, 0.1) is 0 Å². The number of halogens is 2. The SMILES string of the molecule is O.O.O.O.O.O.[Cl-].[Cl-].[Co+2].[Fe]. The molecule has 0 rings (SSSR count). The number of hydrogen-bond donors (Lipinski definition) is 0. The van der Waals surface area contributed by atoms with Gasteiger partial charge < -0.3 is 57.7 Å². The fourth-order valence-corrected chi connectivity index (χ4v) is 0. The molecular formula is H12Cl2CoFeO6. The van der Waals surface area contributed by atoms with Crippen LogP contribution in [-0.4, -0.2) is 32.9 Å². The summed E-state index contributed by atoms with van der Waals surface area (Å²) in [4.78, 5) is 0. The molecule has 0 aliphatic heterocycles. The van der Waals surface area contributed by atoms with Crippen LogP contribution in [0.3, 0.4) is 0 Å². The van der Waals surface area contributed by atoms with E-state index in [9.17, 15) is 0 Å². The molecule has 6 nitrogen and oxygen atoms in total. The van der Waals surface area contributed by atoms with Crippen molar-refractivity contribution < 1.29 is 91.5 Å². The summed E-state index contributed by atoms with van der Waals surface area (Å²) in [6.45, 7) is 0. The average Bonchev–Trinajstić information content (AvgIpc) is 0. The minimum atomic E-state index is 0. The van der Waals surface area contributed by atoms with Crippen LogP contribution in [0.1, 0.15) is 0 Å². The standard InChI is InChI=1S/2ClH.Co.Fe.6H2O/h2*1H;;;6*1H2/q;;+2;;;;;;;/p-2. The minimum Gasteiger partial charge on any atom is -1.00 e. The number of hydrogen-bond acceptors (Lipinski definition) is 0. The summed E-state index contributed by atoms with van der Waals surface area (Å²) in [6.07, 6.45) is 0. The normalized spacial score (nSPS) is 0. The average molecular weight is 294 g/mol. The van der Waals surface area contributed by atoms with Gasteiger partial charge >= 0.3 is 16.8 Å². The predicted octanol–water partition coefficient (Wildman–Crippen LogP) is -10.9. The van der Waals surface area contributed by atoms with Crippen LogP contribution in [0.25, 0.3) is 0 Å². The van der Waals surface area contributed by atoms with E-state index in [1.165, 1.54) is 0 Å². The Labute approximate surface area is 91.5 Å². The Morgan fingerprint density at radius 2 is 0.400 bits per heavy atom. The molecule has 0 spiro atoms. The van der Waals surface area contributed by atoms with Gasteiger partial charge in [-0.2, -0.15) is 0 Å². The van der Waals surface area contributed by atoms with Crippen LogP contribution in [0.2, 0.25) is 0 Å². The molecule has 0 aromatic rings. The van der Waals surface area contributed by atoms with Gasteiger partial charge in [0.15, 0.2) is 0 Å². The van der Waals surface area contributed by atoms with Gasteiger partial charge in [-0.3, -0.25) is 0 Å². The quantitative estimate of drug-likeness (QED) is 0.384. The van der Waals surface area contributed by atoms with Gasteiger partial charge in [-0.15, -0.1) is 0 Å². The molecule has 0 atom stereocenters. The van der Waals surface area contributed by atoms with Crippen molar-refractivity contribution in [1.29, 1.82) is 0 Å². The van der Waals surface area contributed by atoms with Gasteiger partial charge in [0.2, 0.25) is 0 Å². The van der Waals surface area contributed by atoms with Gasteiger partial charge in [-0.25, -0.2) is 0 Å². The summed E-state index contributed by atoms with van der Waals surface area (Å²) in [5.41, 5.74) is 0. The van der Waals surface area contributed by atoms with E-state index in [2.05, 4.69) is 0 Å². The molecule has 0 aromatic carbocycles. The molecule has 1 radical (unpaired) electrons. The monoisotopic (exact) mass is 293 g/mol. The zero-order valence-electron chi connectivity index (χ0n) is 4.44. The Morgan fingerprint density at radius 3 is 0.400 bits per heavy atom. The van der Waals surface area contributed by atoms with Crippen LogP contribution in [0, 0.1) is 0 Å². The molecule has 0 saturated heterocycles. The van der Waals surface area contributed by atoms with Gasteiger partial charge in [-0.05, 0) is 0 Å². The molecule has 0 aliphatic rings. The van der Waals surface area contributed by atoms with Crippen LogP contribution in [-0.2, 0) is 33.8 Å². The smallest absolute Gasteiger partial charge is 1.00 e. The van der Waals surface area contributed by atoms with Crippen molar-refractivity contribution in [3.8, 4) is 0 Å². The molecule has 0 bridgehead atoms. The third-order valence-corrected chi connectivity index (χ3v) is 0. The number of rotatable bonds is 0. The largest absolute Gasteiger partial charge is 2.00 e. The summed E-state index contributed by atoms with van der Waals surface area (Å²) in [5, 5.41) is 0. The fraction of sp³-hybridized carbons (Fsp3) is 0. The maximum atomic E-state index is 0. The first-order valence-corrected chi connectivity index (χ1v) is 0. The summed E-state index contributed by atoms with van der Waals surface area (Å²) >= 11 is 0. The molecule has 0 unspecified atom stereocenters. The maximum Gasteiger partial charge on any atom is 2.00 e. The zero-order valence-corrected chi connectivity index (χ0v) is 8.10. The second-order valence-corrected chi connectivity index (χ2v) is 0. The Morgan fingerprint density at radius 1 is 0.400 bits per heavy atom. The van der Waals surface area contributed by atoms with E-state index in [0.29, 0.717) is 0 Å². The van der Waals surface area contributed by atoms with Crippen LogP contribution in [0.15, 0.2) is 0 Å². The van der Waals surface area contributed by atoms with E-state index in [4.69, 9.17) is 0 Å². The molecule has 0 fully saturated rings. The topological polar surface area (TPSA) is 189 Å². The maximum absolute atomic E-state index is 0. The van der Waals surface area contributed by atoms with Crippen LogP contribution >= 0.6 is 0 Å². The first-order valence-electron chi connectivity index (χ1n) is 0. The van der Waals surface area contributed by atoms with Crippen molar-refractivity contribution in [3.63, 3.8) is 0 Å². The van der Waals surface area contributed by atoms with E-state index in [1.807, 2.05) is 0 Å². The molecule has 79 valence electrons. The van der Waals surface area contributed by atoms with Crippen molar-refractivity contribution in [1.82, 2.24) is 0 Å². The van der Waals surface area contributed by atoms with Crippen molar-refractivity contribution in [2.75, 3.05) is 0 Å². The second-order valence-electron chi connectivity index (χ2n) is 0. The van der Waals surface area contributed by atoms with E-state index in [1.54, 1.807) is 0 Å². The van der Waals surface area contributed by atoms with Crippen molar-refractivity contribution in [2.24, 2.45) is 0 Å². The van der Waals surface area contributed by atoms with Gasteiger partial charge in [0.25, 0.3) is 0 Å². The molecule has 10 heavy (non-hydrogen) atoms. The Balaban J connectivity index is 0. The molecule has 10 heteroatoms. The second kappa shape index (κ2) is 487. The van der Waals surface area contributed by atoms with Crippen molar-refractivity contribution in [2.45, 2.75) is 0 Å². The van der Waals surface area contributed by atoms with Crippen molar-refractivity contribution >= 4 is 0 Å². The van der Waals surface area contributed by atoms with Gasteiger partial charge in [-0.1, -0.05) is 0 Å². The molecule has 0 amide bonds. The molecule has 0 aromatic heterocycles. The first kappa shape index (κ1) is 655. The van der Waals surface area contributed by atoms with Crippen LogP contribution in [0.5, 0.6) is 0 Å². The predicted molar refractivity (Wildman–Crippen MR) is 21.7 cm³/mol. The van der Waals surface area contributed by atoms with E-state index < -0.39 is 0 Å². The van der Waals surface area contributed by atoms with Crippen LogP contribution < -0.4 is 24.8 Å². The van der Waals surface area contributed by atoms with E-state index >= 15 is 0 Å². The molecule has 0 heterocycles. The molecule has 0 aliphatic carbocycles.